The minimum Gasteiger partial charge on any atom is -0.506 e. The second-order valence-corrected chi connectivity index (χ2v) is 7.38. The van der Waals surface area contributed by atoms with Crippen LogP contribution in [0.3, 0.4) is 0 Å². The van der Waals surface area contributed by atoms with Gasteiger partial charge in [0.2, 0.25) is 0 Å². The van der Waals surface area contributed by atoms with Gasteiger partial charge in [-0.15, -0.1) is 0 Å². The summed E-state index contributed by atoms with van der Waals surface area (Å²) in [5.74, 6) is 0.261. The van der Waals surface area contributed by atoms with Crippen LogP contribution in [-0.2, 0) is 6.54 Å². The molecule has 0 atom stereocenters. The number of hydrogen-bond acceptors (Lipinski definition) is 3. The van der Waals surface area contributed by atoms with Gasteiger partial charge in [-0.25, -0.2) is 0 Å². The van der Waals surface area contributed by atoms with Crippen LogP contribution in [0.4, 0.5) is 0 Å². The van der Waals surface area contributed by atoms with Gasteiger partial charge in [-0.2, -0.15) is 11.8 Å². The molecule has 0 saturated heterocycles. The Balaban J connectivity index is 1.91. The number of phenols is 1. The molecule has 1 saturated carbocycles. The first kappa shape index (κ1) is 13.7. The maximum atomic E-state index is 9.62. The Bertz CT molecular complexity index is 398. The van der Waals surface area contributed by atoms with Gasteiger partial charge in [0, 0.05) is 17.8 Å². The number of phenolic OH excluding ortho intramolecular Hbond substituents is 1. The van der Waals surface area contributed by atoms with Crippen LogP contribution in [0.2, 0.25) is 0 Å². The summed E-state index contributed by atoms with van der Waals surface area (Å²) in [5.41, 5.74) is 1.17. The summed E-state index contributed by atoms with van der Waals surface area (Å²) in [7, 11) is 0. The lowest BCUT2D eigenvalue weighted by Crippen LogP contribution is -2.25. The first-order valence-electron chi connectivity index (χ1n) is 5.49. The quantitative estimate of drug-likeness (QED) is 0.812. The van der Waals surface area contributed by atoms with Gasteiger partial charge in [0.15, 0.2) is 0 Å². The Kier molecular flexibility index (Phi) is 4.45. The van der Waals surface area contributed by atoms with Crippen molar-refractivity contribution in [1.82, 2.24) is 5.32 Å². The molecule has 1 aromatic rings. The third-order valence-electron chi connectivity index (χ3n) is 3.09. The molecule has 0 aliphatic heterocycles. The zero-order chi connectivity index (χ0) is 12.5. The third kappa shape index (κ3) is 3.40. The minimum atomic E-state index is 0.261. The number of thioether (sulfide) groups is 1. The van der Waals surface area contributed by atoms with Gasteiger partial charge in [-0.3, -0.25) is 0 Å². The SMILES string of the molecule is CSC1(CNCc2cc(Br)c(O)c(Br)c2)CC1. The van der Waals surface area contributed by atoms with Crippen molar-refractivity contribution in [1.29, 1.82) is 0 Å². The minimum absolute atomic E-state index is 0.261. The van der Waals surface area contributed by atoms with Crippen LogP contribution in [0.1, 0.15) is 18.4 Å². The van der Waals surface area contributed by atoms with E-state index in [1.807, 2.05) is 23.9 Å². The Hall–Kier alpha value is 0.290. The second-order valence-electron chi connectivity index (χ2n) is 4.40. The van der Waals surface area contributed by atoms with Gasteiger partial charge < -0.3 is 10.4 Å². The Morgan fingerprint density at radius 2 is 1.94 bits per heavy atom. The molecule has 17 heavy (non-hydrogen) atoms. The van der Waals surface area contributed by atoms with Crippen molar-refractivity contribution < 1.29 is 5.11 Å². The van der Waals surface area contributed by atoms with Crippen molar-refractivity contribution >= 4 is 43.6 Å². The molecule has 0 heterocycles. The summed E-state index contributed by atoms with van der Waals surface area (Å²) in [4.78, 5) is 0. The molecule has 0 unspecified atom stereocenters. The maximum Gasteiger partial charge on any atom is 0.143 e. The van der Waals surface area contributed by atoms with E-state index in [-0.39, 0.29) is 5.75 Å². The van der Waals surface area contributed by atoms with Crippen molar-refractivity contribution in [2.75, 3.05) is 12.8 Å². The predicted molar refractivity (Wildman–Crippen MR) is 80.7 cm³/mol. The Morgan fingerprint density at radius 1 is 1.35 bits per heavy atom. The average molecular weight is 381 g/mol. The molecule has 1 aromatic carbocycles. The molecular formula is C12H15Br2NOS. The highest BCUT2D eigenvalue weighted by molar-refractivity contribution is 9.11. The number of hydrogen-bond donors (Lipinski definition) is 2. The monoisotopic (exact) mass is 379 g/mol. The Labute approximate surface area is 123 Å². The summed E-state index contributed by atoms with van der Waals surface area (Å²) in [6.45, 7) is 1.89. The van der Waals surface area contributed by atoms with E-state index in [9.17, 15) is 5.11 Å². The van der Waals surface area contributed by atoms with Gasteiger partial charge in [0.25, 0.3) is 0 Å². The first-order chi connectivity index (χ1) is 8.06. The lowest BCUT2D eigenvalue weighted by Gasteiger charge is -2.13. The first-order valence-corrected chi connectivity index (χ1v) is 8.30. The number of aromatic hydroxyl groups is 1. The molecule has 2 N–H and O–H groups in total. The number of halogens is 2. The van der Waals surface area contributed by atoms with Crippen LogP contribution in [0, 0.1) is 0 Å². The zero-order valence-corrected chi connectivity index (χ0v) is 13.6. The molecule has 1 aliphatic rings. The zero-order valence-electron chi connectivity index (χ0n) is 9.59. The molecule has 0 bridgehead atoms. The van der Waals surface area contributed by atoms with E-state index < -0.39 is 0 Å². The van der Waals surface area contributed by atoms with E-state index in [2.05, 4.69) is 43.4 Å². The molecule has 2 rings (SSSR count). The van der Waals surface area contributed by atoms with Gasteiger partial charge in [-0.1, -0.05) is 0 Å². The van der Waals surface area contributed by atoms with Crippen LogP contribution in [0.25, 0.3) is 0 Å². The van der Waals surface area contributed by atoms with Gasteiger partial charge >= 0.3 is 0 Å². The predicted octanol–water partition coefficient (Wildman–Crippen LogP) is 3.90. The normalized spacial score (nSPS) is 17.1. The number of rotatable bonds is 5. The fraction of sp³-hybridized carbons (Fsp3) is 0.500. The Morgan fingerprint density at radius 3 is 2.41 bits per heavy atom. The van der Waals surface area contributed by atoms with E-state index in [4.69, 9.17) is 0 Å². The van der Waals surface area contributed by atoms with Crippen molar-refractivity contribution in [3.05, 3.63) is 26.6 Å². The molecule has 0 spiro atoms. The number of benzene rings is 1. The highest BCUT2D eigenvalue weighted by Crippen LogP contribution is 2.46. The fourth-order valence-corrected chi connectivity index (χ4v) is 3.79. The topological polar surface area (TPSA) is 32.3 Å². The number of nitrogens with one attached hydrogen (secondary N) is 1. The summed E-state index contributed by atoms with van der Waals surface area (Å²) < 4.78 is 1.95. The molecule has 0 amide bonds. The summed E-state index contributed by atoms with van der Waals surface area (Å²) in [6, 6.07) is 3.90. The third-order valence-corrected chi connectivity index (χ3v) is 5.72. The van der Waals surface area contributed by atoms with Crippen LogP contribution >= 0.6 is 43.6 Å². The lowest BCUT2D eigenvalue weighted by atomic mass is 10.2. The van der Waals surface area contributed by atoms with Crippen molar-refractivity contribution in [3.8, 4) is 5.75 Å². The standard InChI is InChI=1S/C12H15Br2NOS/c1-17-12(2-3-12)7-15-6-8-4-9(13)11(16)10(14)5-8/h4-5,15-16H,2-3,6-7H2,1H3. The van der Waals surface area contributed by atoms with Gasteiger partial charge in [0.05, 0.1) is 8.95 Å². The molecule has 1 fully saturated rings. The maximum absolute atomic E-state index is 9.62. The van der Waals surface area contributed by atoms with E-state index >= 15 is 0 Å². The molecule has 94 valence electrons. The smallest absolute Gasteiger partial charge is 0.143 e. The van der Waals surface area contributed by atoms with E-state index in [0.29, 0.717) is 4.75 Å². The molecule has 0 radical (unpaired) electrons. The van der Waals surface area contributed by atoms with Crippen LogP contribution in [0.5, 0.6) is 5.75 Å². The van der Waals surface area contributed by atoms with Crippen molar-refractivity contribution in [2.24, 2.45) is 0 Å². The molecule has 5 heteroatoms. The van der Waals surface area contributed by atoms with E-state index in [1.54, 1.807) is 0 Å². The molecule has 0 aromatic heterocycles. The van der Waals surface area contributed by atoms with Crippen LogP contribution in [0.15, 0.2) is 21.1 Å². The van der Waals surface area contributed by atoms with Crippen LogP contribution < -0.4 is 5.32 Å². The van der Waals surface area contributed by atoms with Crippen molar-refractivity contribution in [2.45, 2.75) is 24.1 Å². The lowest BCUT2D eigenvalue weighted by molar-refractivity contribution is 0.468. The average Bonchev–Trinajstić information content (AvgIpc) is 3.06. The molecule has 2 nitrogen and oxygen atoms in total. The van der Waals surface area contributed by atoms with E-state index in [0.717, 1.165) is 22.0 Å². The van der Waals surface area contributed by atoms with E-state index in [1.165, 1.54) is 18.4 Å². The molecule has 1 aliphatic carbocycles. The highest BCUT2D eigenvalue weighted by Gasteiger charge is 2.41. The molecular weight excluding hydrogens is 366 g/mol. The van der Waals surface area contributed by atoms with Crippen LogP contribution in [-0.4, -0.2) is 22.7 Å². The second kappa shape index (κ2) is 5.51. The summed E-state index contributed by atoms with van der Waals surface area (Å²) in [6.07, 6.45) is 4.83. The van der Waals surface area contributed by atoms with Gasteiger partial charge in [-0.05, 0) is 68.7 Å². The fourth-order valence-electron chi connectivity index (χ4n) is 1.75. The highest BCUT2D eigenvalue weighted by atomic mass is 79.9. The van der Waals surface area contributed by atoms with Crippen molar-refractivity contribution in [3.63, 3.8) is 0 Å². The summed E-state index contributed by atoms with van der Waals surface area (Å²) in [5, 5.41) is 13.1. The largest absolute Gasteiger partial charge is 0.506 e. The summed E-state index contributed by atoms with van der Waals surface area (Å²) >= 11 is 8.65. The van der Waals surface area contributed by atoms with Gasteiger partial charge in [0.1, 0.15) is 5.75 Å².